The number of amides is 1. The van der Waals surface area contributed by atoms with E-state index in [1.54, 1.807) is 24.3 Å². The number of carbonyl (C=O) groups is 1. The van der Waals surface area contributed by atoms with Gasteiger partial charge in [0.25, 0.3) is 0 Å². The number of carbonyl (C=O) groups excluding carboxylic acids is 1. The van der Waals surface area contributed by atoms with E-state index in [-0.39, 0.29) is 5.91 Å². The number of hydrogen-bond acceptors (Lipinski definition) is 4. The van der Waals surface area contributed by atoms with E-state index in [0.29, 0.717) is 19.5 Å². The van der Waals surface area contributed by atoms with Gasteiger partial charge in [-0.15, -0.1) is 0 Å². The van der Waals surface area contributed by atoms with E-state index in [1.165, 1.54) is 4.31 Å². The largest absolute Gasteiger partial charge is 0.340 e. The van der Waals surface area contributed by atoms with Gasteiger partial charge < -0.3 is 4.90 Å². The van der Waals surface area contributed by atoms with Gasteiger partial charge in [-0.2, -0.15) is 4.31 Å². The molecule has 1 aromatic heterocycles. The zero-order chi connectivity index (χ0) is 14.8. The van der Waals surface area contributed by atoms with E-state index >= 15 is 0 Å². The summed E-state index contributed by atoms with van der Waals surface area (Å²) in [5.41, 5.74) is 0.923. The maximum absolute atomic E-state index is 12.4. The third-order valence-corrected chi connectivity index (χ3v) is 4.72. The standard InChI is InChI=1S/C13H19N3O3S/c1-15(10-11-5-3-7-14-9-11)13(17)12-6-4-8-16(12)20(2,18)19/h3,5,7,9,12H,4,6,8,10H2,1-2H3. The second-order valence-corrected chi connectivity index (χ2v) is 7.02. The van der Waals surface area contributed by atoms with Gasteiger partial charge in [0.2, 0.25) is 15.9 Å². The van der Waals surface area contributed by atoms with E-state index in [2.05, 4.69) is 4.98 Å². The zero-order valence-electron chi connectivity index (χ0n) is 11.7. The summed E-state index contributed by atoms with van der Waals surface area (Å²) in [4.78, 5) is 18.0. The van der Waals surface area contributed by atoms with E-state index in [9.17, 15) is 13.2 Å². The topological polar surface area (TPSA) is 70.6 Å². The number of nitrogens with zero attached hydrogens (tertiary/aromatic N) is 3. The molecule has 0 aromatic carbocycles. The lowest BCUT2D eigenvalue weighted by molar-refractivity contribution is -0.133. The minimum absolute atomic E-state index is 0.156. The molecule has 1 saturated heterocycles. The van der Waals surface area contributed by atoms with Crippen LogP contribution in [-0.2, 0) is 21.4 Å². The van der Waals surface area contributed by atoms with Crippen LogP contribution in [0.4, 0.5) is 0 Å². The van der Waals surface area contributed by atoms with Crippen LogP contribution in [0.25, 0.3) is 0 Å². The number of likely N-dealkylation sites (N-methyl/N-ethyl adjacent to an activating group) is 1. The maximum Gasteiger partial charge on any atom is 0.241 e. The van der Waals surface area contributed by atoms with Crippen molar-refractivity contribution in [2.75, 3.05) is 19.8 Å². The predicted octanol–water partition coefficient (Wildman–Crippen LogP) is 0.464. The smallest absolute Gasteiger partial charge is 0.241 e. The fourth-order valence-corrected chi connectivity index (χ4v) is 3.60. The second kappa shape index (κ2) is 5.88. The van der Waals surface area contributed by atoms with Gasteiger partial charge in [0, 0.05) is 32.5 Å². The average Bonchev–Trinajstić information content (AvgIpc) is 2.88. The Morgan fingerprint density at radius 2 is 2.30 bits per heavy atom. The summed E-state index contributed by atoms with van der Waals surface area (Å²) in [6.07, 6.45) is 5.84. The Morgan fingerprint density at radius 3 is 2.90 bits per heavy atom. The van der Waals surface area contributed by atoms with Gasteiger partial charge in [0.05, 0.1) is 6.26 Å². The molecule has 1 aliphatic rings. The zero-order valence-corrected chi connectivity index (χ0v) is 12.5. The third-order valence-electron chi connectivity index (χ3n) is 3.43. The first-order valence-electron chi connectivity index (χ1n) is 6.50. The highest BCUT2D eigenvalue weighted by atomic mass is 32.2. The van der Waals surface area contributed by atoms with Gasteiger partial charge in [-0.1, -0.05) is 6.07 Å². The quantitative estimate of drug-likeness (QED) is 0.810. The maximum atomic E-state index is 12.4. The molecule has 1 unspecified atom stereocenters. The van der Waals surface area contributed by atoms with Gasteiger partial charge in [0.15, 0.2) is 0 Å². The highest BCUT2D eigenvalue weighted by Crippen LogP contribution is 2.22. The first-order valence-corrected chi connectivity index (χ1v) is 8.35. The molecular formula is C13H19N3O3S. The second-order valence-electron chi connectivity index (χ2n) is 5.09. The molecule has 0 saturated carbocycles. The van der Waals surface area contributed by atoms with Crippen LogP contribution in [-0.4, -0.2) is 54.4 Å². The molecule has 0 N–H and O–H groups in total. The van der Waals surface area contributed by atoms with Crippen LogP contribution >= 0.6 is 0 Å². The molecule has 0 radical (unpaired) electrons. The summed E-state index contributed by atoms with van der Waals surface area (Å²) in [6.45, 7) is 0.858. The number of aromatic nitrogens is 1. The van der Waals surface area contributed by atoms with Gasteiger partial charge in [-0.25, -0.2) is 8.42 Å². The molecule has 2 rings (SSSR count). The number of rotatable bonds is 4. The molecule has 1 atom stereocenters. The molecule has 0 aliphatic carbocycles. The first-order chi connectivity index (χ1) is 9.39. The van der Waals surface area contributed by atoms with Crippen LogP contribution in [0.5, 0.6) is 0 Å². The van der Waals surface area contributed by atoms with Crippen LogP contribution in [0.2, 0.25) is 0 Å². The first kappa shape index (κ1) is 14.9. The van der Waals surface area contributed by atoms with Crippen molar-refractivity contribution in [3.8, 4) is 0 Å². The average molecular weight is 297 g/mol. The summed E-state index contributed by atoms with van der Waals surface area (Å²) in [7, 11) is -1.64. The summed E-state index contributed by atoms with van der Waals surface area (Å²) in [5.74, 6) is -0.156. The Bertz CT molecular complexity index is 574. The van der Waals surface area contributed by atoms with Gasteiger partial charge in [-0.05, 0) is 24.5 Å². The Kier molecular flexibility index (Phi) is 4.39. The van der Waals surface area contributed by atoms with Gasteiger partial charge in [-0.3, -0.25) is 9.78 Å². The summed E-state index contributed by atoms with van der Waals surface area (Å²) in [5, 5.41) is 0. The Balaban J connectivity index is 2.07. The van der Waals surface area contributed by atoms with E-state index < -0.39 is 16.1 Å². The minimum Gasteiger partial charge on any atom is -0.340 e. The third kappa shape index (κ3) is 3.34. The van der Waals surface area contributed by atoms with Crippen molar-refractivity contribution >= 4 is 15.9 Å². The van der Waals surface area contributed by atoms with Crippen molar-refractivity contribution in [3.05, 3.63) is 30.1 Å². The lowest BCUT2D eigenvalue weighted by atomic mass is 10.2. The van der Waals surface area contributed by atoms with Crippen LogP contribution in [0.15, 0.2) is 24.5 Å². The normalized spacial score (nSPS) is 20.0. The van der Waals surface area contributed by atoms with E-state index in [4.69, 9.17) is 0 Å². The lowest BCUT2D eigenvalue weighted by Crippen LogP contribution is -2.45. The molecule has 1 aliphatic heterocycles. The van der Waals surface area contributed by atoms with Crippen molar-refractivity contribution in [1.29, 1.82) is 0 Å². The Hall–Kier alpha value is -1.47. The van der Waals surface area contributed by atoms with Crippen molar-refractivity contribution in [2.45, 2.75) is 25.4 Å². The van der Waals surface area contributed by atoms with E-state index in [1.807, 2.05) is 12.1 Å². The van der Waals surface area contributed by atoms with Crippen LogP contribution in [0.1, 0.15) is 18.4 Å². The number of hydrogen-bond donors (Lipinski definition) is 0. The van der Waals surface area contributed by atoms with Crippen LogP contribution in [0.3, 0.4) is 0 Å². The fourth-order valence-electron chi connectivity index (χ4n) is 2.48. The molecule has 0 spiro atoms. The Labute approximate surface area is 119 Å². The fraction of sp³-hybridized carbons (Fsp3) is 0.538. The van der Waals surface area contributed by atoms with Gasteiger partial charge in [0.1, 0.15) is 6.04 Å². The van der Waals surface area contributed by atoms with Crippen molar-refractivity contribution < 1.29 is 13.2 Å². The molecule has 0 bridgehead atoms. The minimum atomic E-state index is -3.33. The molecule has 6 nitrogen and oxygen atoms in total. The van der Waals surface area contributed by atoms with Crippen molar-refractivity contribution in [1.82, 2.24) is 14.2 Å². The summed E-state index contributed by atoms with van der Waals surface area (Å²) >= 11 is 0. The Morgan fingerprint density at radius 1 is 1.55 bits per heavy atom. The lowest BCUT2D eigenvalue weighted by Gasteiger charge is -2.26. The molecule has 1 amide bonds. The molecule has 20 heavy (non-hydrogen) atoms. The highest BCUT2D eigenvalue weighted by Gasteiger charge is 2.37. The molecule has 1 aromatic rings. The number of sulfonamides is 1. The molecule has 2 heterocycles. The summed E-state index contributed by atoms with van der Waals surface area (Å²) in [6, 6.07) is 3.14. The monoisotopic (exact) mass is 297 g/mol. The van der Waals surface area contributed by atoms with Crippen molar-refractivity contribution in [2.24, 2.45) is 0 Å². The predicted molar refractivity (Wildman–Crippen MR) is 75.3 cm³/mol. The summed E-state index contributed by atoms with van der Waals surface area (Å²) < 4.78 is 24.6. The molecule has 110 valence electrons. The van der Waals surface area contributed by atoms with Crippen molar-refractivity contribution in [3.63, 3.8) is 0 Å². The van der Waals surface area contributed by atoms with Gasteiger partial charge >= 0.3 is 0 Å². The molecular weight excluding hydrogens is 278 g/mol. The SMILES string of the molecule is CN(Cc1cccnc1)C(=O)C1CCCN1S(C)(=O)=O. The van der Waals surface area contributed by atoms with Crippen LogP contribution < -0.4 is 0 Å². The molecule has 1 fully saturated rings. The highest BCUT2D eigenvalue weighted by molar-refractivity contribution is 7.88. The van der Waals surface area contributed by atoms with E-state index in [0.717, 1.165) is 18.2 Å². The number of pyridine rings is 1. The molecule has 7 heteroatoms. The van der Waals surface area contributed by atoms with Crippen LogP contribution in [0, 0.1) is 0 Å².